The Balaban J connectivity index is 2.15. The van der Waals surface area contributed by atoms with Gasteiger partial charge in [0.1, 0.15) is 5.82 Å². The zero-order chi connectivity index (χ0) is 17.0. The molecule has 0 radical (unpaired) electrons. The van der Waals surface area contributed by atoms with Gasteiger partial charge in [0, 0.05) is 11.9 Å². The first kappa shape index (κ1) is 17.1. The maximum absolute atomic E-state index is 13.2. The van der Waals surface area contributed by atoms with Gasteiger partial charge in [-0.2, -0.15) is 5.10 Å². The highest BCUT2D eigenvalue weighted by Gasteiger charge is 2.19. The van der Waals surface area contributed by atoms with Crippen molar-refractivity contribution in [3.63, 3.8) is 0 Å². The average molecular weight is 318 g/mol. The summed E-state index contributed by atoms with van der Waals surface area (Å²) in [5.74, 6) is -0.627. The fourth-order valence-corrected chi connectivity index (χ4v) is 2.67. The highest BCUT2D eigenvalue weighted by atomic mass is 19.1. The molecule has 6 heteroatoms. The predicted octanol–water partition coefficient (Wildman–Crippen LogP) is 3.58. The van der Waals surface area contributed by atoms with Gasteiger partial charge in [-0.15, -0.1) is 0 Å². The van der Waals surface area contributed by atoms with Crippen LogP contribution in [0.2, 0.25) is 0 Å². The van der Waals surface area contributed by atoms with Gasteiger partial charge in [-0.25, -0.2) is 4.39 Å². The molecule has 1 N–H and O–H groups in total. The van der Waals surface area contributed by atoms with Gasteiger partial charge < -0.3 is 5.32 Å². The zero-order valence-corrected chi connectivity index (χ0v) is 14.0. The van der Waals surface area contributed by atoms with Gasteiger partial charge in [0.25, 0.3) is 5.91 Å². The van der Waals surface area contributed by atoms with Crippen molar-refractivity contribution in [2.75, 3.05) is 0 Å². The van der Waals surface area contributed by atoms with Crippen molar-refractivity contribution in [2.45, 2.75) is 52.6 Å². The van der Waals surface area contributed by atoms with E-state index in [0.717, 1.165) is 24.7 Å². The molecule has 0 aliphatic heterocycles. The summed E-state index contributed by atoms with van der Waals surface area (Å²) >= 11 is 0. The summed E-state index contributed by atoms with van der Waals surface area (Å²) in [5, 5.41) is 7.23. The van der Waals surface area contributed by atoms with Crippen LogP contribution in [0.4, 0.5) is 4.39 Å². The normalized spacial score (nSPS) is 12.4. The Kier molecular flexibility index (Phi) is 5.47. The van der Waals surface area contributed by atoms with E-state index in [9.17, 15) is 9.18 Å². The van der Waals surface area contributed by atoms with Crippen LogP contribution in [0.25, 0.3) is 0 Å². The third-order valence-corrected chi connectivity index (χ3v) is 4.15. The first-order chi connectivity index (χ1) is 11.0. The van der Waals surface area contributed by atoms with E-state index in [1.165, 1.54) is 6.07 Å². The molecule has 124 valence electrons. The Hall–Kier alpha value is -2.24. The minimum absolute atomic E-state index is 0.212. The number of rotatable bonds is 6. The summed E-state index contributed by atoms with van der Waals surface area (Å²) in [6, 6.07) is 1.33. The molecular weight excluding hydrogens is 295 g/mol. The number of amides is 1. The van der Waals surface area contributed by atoms with Crippen LogP contribution in [-0.2, 0) is 0 Å². The number of hydrogen-bond donors (Lipinski definition) is 1. The molecule has 2 heterocycles. The lowest BCUT2D eigenvalue weighted by molar-refractivity contribution is 0.0939. The Labute approximate surface area is 135 Å². The zero-order valence-electron chi connectivity index (χ0n) is 14.0. The summed E-state index contributed by atoms with van der Waals surface area (Å²) in [5.41, 5.74) is 2.03. The van der Waals surface area contributed by atoms with Crippen LogP contribution in [0.3, 0.4) is 0 Å². The minimum atomic E-state index is -0.415. The highest BCUT2D eigenvalue weighted by Crippen LogP contribution is 2.20. The Bertz CT molecular complexity index is 679. The van der Waals surface area contributed by atoms with E-state index in [2.05, 4.69) is 29.2 Å². The molecule has 0 fully saturated rings. The van der Waals surface area contributed by atoms with Crippen molar-refractivity contribution in [1.82, 2.24) is 20.1 Å². The highest BCUT2D eigenvalue weighted by molar-refractivity contribution is 5.95. The van der Waals surface area contributed by atoms with Crippen LogP contribution in [0, 0.1) is 12.7 Å². The van der Waals surface area contributed by atoms with E-state index in [1.807, 2.05) is 11.6 Å². The van der Waals surface area contributed by atoms with Crippen LogP contribution in [0.1, 0.15) is 67.3 Å². The molecule has 0 unspecified atom stereocenters. The predicted molar refractivity (Wildman–Crippen MR) is 86.7 cm³/mol. The molecule has 0 aliphatic carbocycles. The number of hydrogen-bond acceptors (Lipinski definition) is 3. The third-order valence-electron chi connectivity index (χ3n) is 4.15. The second-order valence-corrected chi connectivity index (χ2v) is 5.69. The molecule has 2 aromatic heterocycles. The summed E-state index contributed by atoms with van der Waals surface area (Å²) in [6.07, 6.45) is 6.22. The summed E-state index contributed by atoms with van der Waals surface area (Å²) in [6.45, 7) is 7.91. The summed E-state index contributed by atoms with van der Waals surface area (Å²) < 4.78 is 15.1. The maximum atomic E-state index is 13.2. The van der Waals surface area contributed by atoms with Gasteiger partial charge in [-0.05, 0) is 38.3 Å². The number of carbonyl (C=O) groups is 1. The number of nitrogens with zero attached hydrogens (tertiary/aromatic N) is 3. The van der Waals surface area contributed by atoms with Crippen LogP contribution in [-0.4, -0.2) is 20.7 Å². The molecule has 5 nitrogen and oxygen atoms in total. The summed E-state index contributed by atoms with van der Waals surface area (Å²) in [4.78, 5) is 16.3. The second kappa shape index (κ2) is 7.35. The lowest BCUT2D eigenvalue weighted by atomic mass is 10.1. The van der Waals surface area contributed by atoms with Gasteiger partial charge in [-0.1, -0.05) is 13.8 Å². The molecule has 0 aliphatic rings. The molecule has 0 saturated carbocycles. The quantitative estimate of drug-likeness (QED) is 0.885. The van der Waals surface area contributed by atoms with E-state index < -0.39 is 5.82 Å². The molecule has 0 spiro atoms. The topological polar surface area (TPSA) is 59.8 Å². The van der Waals surface area contributed by atoms with Gasteiger partial charge in [0.2, 0.25) is 0 Å². The lowest BCUT2D eigenvalue weighted by Gasteiger charge is -2.16. The smallest absolute Gasteiger partial charge is 0.255 e. The Morgan fingerprint density at radius 3 is 2.61 bits per heavy atom. The van der Waals surface area contributed by atoms with Crippen molar-refractivity contribution in [3.05, 3.63) is 47.3 Å². The fourth-order valence-electron chi connectivity index (χ4n) is 2.67. The second-order valence-electron chi connectivity index (χ2n) is 5.69. The minimum Gasteiger partial charge on any atom is -0.345 e. The van der Waals surface area contributed by atoms with Crippen molar-refractivity contribution in [3.8, 4) is 0 Å². The van der Waals surface area contributed by atoms with Crippen molar-refractivity contribution < 1.29 is 9.18 Å². The molecule has 0 saturated heterocycles. The maximum Gasteiger partial charge on any atom is 0.255 e. The monoisotopic (exact) mass is 318 g/mol. The standard InChI is InChI=1S/C17H23FN4O/c1-5-15(6-2)22-12(4)16(10-20-22)17(23)21-11(3)13-7-14(18)9-19-8-13/h7-11,15H,5-6H2,1-4H3,(H,21,23)/t11-/m1/s1. The van der Waals surface area contributed by atoms with E-state index >= 15 is 0 Å². The Morgan fingerprint density at radius 1 is 1.30 bits per heavy atom. The molecule has 0 bridgehead atoms. The van der Waals surface area contributed by atoms with Gasteiger partial charge in [0.05, 0.1) is 30.0 Å². The van der Waals surface area contributed by atoms with Crippen LogP contribution in [0.5, 0.6) is 0 Å². The Morgan fingerprint density at radius 2 is 2.00 bits per heavy atom. The molecule has 23 heavy (non-hydrogen) atoms. The molecule has 2 rings (SSSR count). The first-order valence-corrected chi connectivity index (χ1v) is 7.93. The molecule has 1 amide bonds. The van der Waals surface area contributed by atoms with Crippen molar-refractivity contribution in [2.24, 2.45) is 0 Å². The third kappa shape index (κ3) is 3.75. The van der Waals surface area contributed by atoms with E-state index in [4.69, 9.17) is 0 Å². The SMILES string of the molecule is CCC(CC)n1ncc(C(=O)N[C@H](C)c2cncc(F)c2)c1C. The first-order valence-electron chi connectivity index (χ1n) is 7.93. The number of pyridine rings is 1. The molecule has 2 aromatic rings. The number of nitrogens with one attached hydrogen (secondary N) is 1. The van der Waals surface area contributed by atoms with Gasteiger partial charge in [-0.3, -0.25) is 14.5 Å². The van der Waals surface area contributed by atoms with E-state index in [-0.39, 0.29) is 11.9 Å². The van der Waals surface area contributed by atoms with Crippen LogP contribution < -0.4 is 5.32 Å². The fraction of sp³-hybridized carbons (Fsp3) is 0.471. The largest absolute Gasteiger partial charge is 0.345 e. The molecule has 1 atom stereocenters. The number of halogens is 1. The van der Waals surface area contributed by atoms with E-state index in [0.29, 0.717) is 17.2 Å². The van der Waals surface area contributed by atoms with E-state index in [1.54, 1.807) is 19.3 Å². The van der Waals surface area contributed by atoms with Gasteiger partial charge >= 0.3 is 0 Å². The number of aromatic nitrogens is 3. The van der Waals surface area contributed by atoms with Crippen molar-refractivity contribution >= 4 is 5.91 Å². The summed E-state index contributed by atoms with van der Waals surface area (Å²) in [7, 11) is 0. The number of carbonyl (C=O) groups excluding carboxylic acids is 1. The lowest BCUT2D eigenvalue weighted by Crippen LogP contribution is -2.27. The molecule has 0 aromatic carbocycles. The molecular formula is C17H23FN4O. The average Bonchev–Trinajstić information content (AvgIpc) is 2.90. The van der Waals surface area contributed by atoms with Crippen LogP contribution in [0.15, 0.2) is 24.7 Å². The van der Waals surface area contributed by atoms with Crippen LogP contribution >= 0.6 is 0 Å². The van der Waals surface area contributed by atoms with Crippen molar-refractivity contribution in [1.29, 1.82) is 0 Å². The van der Waals surface area contributed by atoms with Gasteiger partial charge in [0.15, 0.2) is 0 Å².